The Labute approximate surface area is 137 Å². The highest BCUT2D eigenvalue weighted by Gasteiger charge is 2.35. The fourth-order valence-corrected chi connectivity index (χ4v) is 3.22. The Morgan fingerprint density at radius 3 is 2.21 bits per heavy atom. The molecule has 0 aliphatic heterocycles. The summed E-state index contributed by atoms with van der Waals surface area (Å²) in [6, 6.07) is 8.31. The lowest BCUT2D eigenvalue weighted by atomic mass is 10.1. The Bertz CT molecular complexity index is 815. The minimum absolute atomic E-state index is 0.154. The molecule has 2 rings (SSSR count). The van der Waals surface area contributed by atoms with Crippen molar-refractivity contribution < 1.29 is 26.0 Å². The van der Waals surface area contributed by atoms with Crippen molar-refractivity contribution in [3.05, 3.63) is 59.4 Å². The van der Waals surface area contributed by atoms with E-state index in [-0.39, 0.29) is 4.90 Å². The molecule has 0 spiro atoms. The van der Waals surface area contributed by atoms with Crippen LogP contribution in [0.4, 0.5) is 23.2 Å². The third-order valence-corrected chi connectivity index (χ3v) is 4.70. The SMILES string of the molecule is CCCc1ccc(S(=O)(=O)Nc2cccc(C(F)(F)F)c2F)cc1. The minimum Gasteiger partial charge on any atom is -0.277 e. The first-order chi connectivity index (χ1) is 11.1. The van der Waals surface area contributed by atoms with Gasteiger partial charge >= 0.3 is 6.18 Å². The zero-order chi connectivity index (χ0) is 18.0. The van der Waals surface area contributed by atoms with Gasteiger partial charge in [0.1, 0.15) is 0 Å². The van der Waals surface area contributed by atoms with E-state index in [1.807, 2.05) is 11.6 Å². The zero-order valence-corrected chi connectivity index (χ0v) is 13.5. The predicted molar refractivity (Wildman–Crippen MR) is 82.6 cm³/mol. The summed E-state index contributed by atoms with van der Waals surface area (Å²) in [6.45, 7) is 1.97. The van der Waals surface area contributed by atoms with Crippen molar-refractivity contribution in [3.8, 4) is 0 Å². The third-order valence-electron chi connectivity index (χ3n) is 3.32. The van der Waals surface area contributed by atoms with E-state index in [9.17, 15) is 26.0 Å². The smallest absolute Gasteiger partial charge is 0.277 e. The molecule has 2 aromatic carbocycles. The summed E-state index contributed by atoms with van der Waals surface area (Å²) in [6.07, 6.45) is -3.25. The summed E-state index contributed by atoms with van der Waals surface area (Å²) in [4.78, 5) is -0.154. The van der Waals surface area contributed by atoms with E-state index < -0.39 is 33.3 Å². The first-order valence-corrected chi connectivity index (χ1v) is 8.61. The monoisotopic (exact) mass is 361 g/mol. The number of rotatable bonds is 5. The van der Waals surface area contributed by atoms with Crippen molar-refractivity contribution >= 4 is 15.7 Å². The van der Waals surface area contributed by atoms with Crippen LogP contribution in [0.15, 0.2) is 47.4 Å². The normalized spacial score (nSPS) is 12.2. The lowest BCUT2D eigenvalue weighted by Crippen LogP contribution is -2.16. The van der Waals surface area contributed by atoms with Gasteiger partial charge in [-0.15, -0.1) is 0 Å². The Morgan fingerprint density at radius 1 is 1.04 bits per heavy atom. The minimum atomic E-state index is -4.91. The number of nitrogens with one attached hydrogen (secondary N) is 1. The second-order valence-corrected chi connectivity index (χ2v) is 6.85. The third kappa shape index (κ3) is 4.05. The van der Waals surface area contributed by atoms with Gasteiger partial charge in [-0.1, -0.05) is 31.5 Å². The number of benzene rings is 2. The van der Waals surface area contributed by atoms with Crippen LogP contribution in [-0.4, -0.2) is 8.42 Å². The first-order valence-electron chi connectivity index (χ1n) is 7.12. The molecule has 0 saturated heterocycles. The molecule has 130 valence electrons. The molecule has 0 saturated carbocycles. The highest BCUT2D eigenvalue weighted by molar-refractivity contribution is 7.92. The van der Waals surface area contributed by atoms with Gasteiger partial charge in [-0.05, 0) is 36.2 Å². The largest absolute Gasteiger partial charge is 0.419 e. The van der Waals surface area contributed by atoms with E-state index in [0.717, 1.165) is 30.5 Å². The van der Waals surface area contributed by atoms with Gasteiger partial charge in [0.25, 0.3) is 10.0 Å². The molecular formula is C16H15F4NO2S. The average molecular weight is 361 g/mol. The van der Waals surface area contributed by atoms with Crippen molar-refractivity contribution in [1.82, 2.24) is 0 Å². The second-order valence-electron chi connectivity index (χ2n) is 5.16. The van der Waals surface area contributed by atoms with Crippen LogP contribution in [0, 0.1) is 5.82 Å². The first kappa shape index (κ1) is 18.3. The van der Waals surface area contributed by atoms with Gasteiger partial charge in [-0.2, -0.15) is 13.2 Å². The van der Waals surface area contributed by atoms with Crippen LogP contribution < -0.4 is 4.72 Å². The maximum absolute atomic E-state index is 13.9. The van der Waals surface area contributed by atoms with E-state index in [2.05, 4.69) is 0 Å². The number of anilines is 1. The zero-order valence-electron chi connectivity index (χ0n) is 12.7. The van der Waals surface area contributed by atoms with Gasteiger partial charge in [-0.25, -0.2) is 12.8 Å². The molecule has 2 aromatic rings. The molecule has 0 bridgehead atoms. The molecule has 0 aliphatic rings. The number of sulfonamides is 1. The molecule has 0 radical (unpaired) electrons. The fourth-order valence-electron chi connectivity index (χ4n) is 2.16. The van der Waals surface area contributed by atoms with Crippen LogP contribution in [0.1, 0.15) is 24.5 Å². The summed E-state index contributed by atoms with van der Waals surface area (Å²) < 4.78 is 78.3. The van der Waals surface area contributed by atoms with Crippen LogP contribution in [-0.2, 0) is 22.6 Å². The molecule has 8 heteroatoms. The second kappa shape index (κ2) is 6.80. The van der Waals surface area contributed by atoms with Crippen molar-refractivity contribution in [1.29, 1.82) is 0 Å². The Morgan fingerprint density at radius 2 is 1.67 bits per heavy atom. The lowest BCUT2D eigenvalue weighted by molar-refractivity contribution is -0.139. The highest BCUT2D eigenvalue weighted by atomic mass is 32.2. The molecule has 0 atom stereocenters. The maximum Gasteiger partial charge on any atom is 0.419 e. The van der Waals surface area contributed by atoms with Crippen LogP contribution in [0.5, 0.6) is 0 Å². The maximum atomic E-state index is 13.9. The Kier molecular flexibility index (Phi) is 5.17. The number of hydrogen-bond donors (Lipinski definition) is 1. The van der Waals surface area contributed by atoms with Crippen molar-refractivity contribution in [2.75, 3.05) is 4.72 Å². The van der Waals surface area contributed by atoms with Crippen LogP contribution in [0.3, 0.4) is 0 Å². The summed E-state index contributed by atoms with van der Waals surface area (Å²) in [5.41, 5.74) is -1.34. The van der Waals surface area contributed by atoms with Crippen molar-refractivity contribution in [2.24, 2.45) is 0 Å². The Balaban J connectivity index is 2.33. The summed E-state index contributed by atoms with van der Waals surface area (Å²) >= 11 is 0. The molecule has 1 N–H and O–H groups in total. The molecule has 0 heterocycles. The van der Waals surface area contributed by atoms with Crippen LogP contribution >= 0.6 is 0 Å². The summed E-state index contributed by atoms with van der Waals surface area (Å²) in [7, 11) is -4.19. The van der Waals surface area contributed by atoms with Gasteiger partial charge in [-0.3, -0.25) is 4.72 Å². The average Bonchev–Trinajstić information content (AvgIpc) is 2.49. The van der Waals surface area contributed by atoms with Gasteiger partial charge in [0.05, 0.1) is 16.1 Å². The summed E-state index contributed by atoms with van der Waals surface area (Å²) in [5.74, 6) is -1.66. The number of aryl methyl sites for hydroxylation is 1. The Hall–Kier alpha value is -2.09. The van der Waals surface area contributed by atoms with Gasteiger partial charge < -0.3 is 0 Å². The topological polar surface area (TPSA) is 46.2 Å². The van der Waals surface area contributed by atoms with Crippen molar-refractivity contribution in [3.63, 3.8) is 0 Å². The van der Waals surface area contributed by atoms with Crippen LogP contribution in [0.2, 0.25) is 0 Å². The van der Waals surface area contributed by atoms with E-state index >= 15 is 0 Å². The lowest BCUT2D eigenvalue weighted by Gasteiger charge is -2.13. The number of hydrogen-bond acceptors (Lipinski definition) is 2. The molecule has 0 unspecified atom stereocenters. The van der Waals surface area contributed by atoms with Gasteiger partial charge in [0.15, 0.2) is 5.82 Å². The van der Waals surface area contributed by atoms with Gasteiger partial charge in [0.2, 0.25) is 0 Å². The highest BCUT2D eigenvalue weighted by Crippen LogP contribution is 2.34. The molecule has 24 heavy (non-hydrogen) atoms. The van der Waals surface area contributed by atoms with E-state index in [1.165, 1.54) is 12.1 Å². The predicted octanol–water partition coefficient (Wildman–Crippen LogP) is 4.60. The van der Waals surface area contributed by atoms with Crippen molar-refractivity contribution in [2.45, 2.75) is 30.8 Å². The quantitative estimate of drug-likeness (QED) is 0.792. The van der Waals surface area contributed by atoms with E-state index in [0.29, 0.717) is 6.07 Å². The molecule has 0 aliphatic carbocycles. The number of alkyl halides is 3. The summed E-state index contributed by atoms with van der Waals surface area (Å²) in [5, 5.41) is 0. The van der Waals surface area contributed by atoms with E-state index in [4.69, 9.17) is 0 Å². The number of halogens is 4. The standard InChI is InChI=1S/C16H15F4NO2S/c1-2-4-11-7-9-12(10-8-11)24(22,23)21-14-6-3-5-13(15(14)17)16(18,19)20/h3,5-10,21H,2,4H2,1H3. The van der Waals surface area contributed by atoms with E-state index in [1.54, 1.807) is 12.1 Å². The molecule has 3 nitrogen and oxygen atoms in total. The van der Waals surface area contributed by atoms with Gasteiger partial charge in [0, 0.05) is 0 Å². The molecule has 0 fully saturated rings. The molecule has 0 aromatic heterocycles. The van der Waals surface area contributed by atoms with Crippen LogP contribution in [0.25, 0.3) is 0 Å². The molecule has 0 amide bonds. The fraction of sp³-hybridized carbons (Fsp3) is 0.250. The molecular weight excluding hydrogens is 346 g/mol.